The predicted molar refractivity (Wildman–Crippen MR) is 84.2 cm³/mol. The number of thioether (sulfide) groups is 1. The third-order valence-corrected chi connectivity index (χ3v) is 6.14. The van der Waals surface area contributed by atoms with Gasteiger partial charge in [0.1, 0.15) is 23.7 Å². The Morgan fingerprint density at radius 2 is 2.17 bits per heavy atom. The Bertz CT molecular complexity index is 622. The number of likely N-dealkylation sites (N-methyl/N-ethyl adjacent to an activating group) is 2. The summed E-state index contributed by atoms with van der Waals surface area (Å²) >= 11 is 1.50. The first-order chi connectivity index (χ1) is 10.7. The van der Waals surface area contributed by atoms with Gasteiger partial charge >= 0.3 is 5.97 Å². The van der Waals surface area contributed by atoms with Gasteiger partial charge in [0.25, 0.3) is 5.91 Å². The number of nitrogens with zero attached hydrogens (tertiary/aromatic N) is 3. The van der Waals surface area contributed by atoms with Crippen LogP contribution in [0.25, 0.3) is 0 Å². The van der Waals surface area contributed by atoms with Crippen LogP contribution in [-0.4, -0.2) is 94.6 Å². The van der Waals surface area contributed by atoms with E-state index in [-0.39, 0.29) is 22.9 Å². The molecule has 2 saturated heterocycles. The number of carbonyl (C=O) groups excluding carboxylic acids is 2. The molecular formula is C14H21N4O4S+. The van der Waals surface area contributed by atoms with E-state index in [4.69, 9.17) is 5.73 Å². The molecule has 0 aromatic carbocycles. The van der Waals surface area contributed by atoms with Gasteiger partial charge in [0.2, 0.25) is 5.91 Å². The molecule has 9 heteroatoms. The van der Waals surface area contributed by atoms with E-state index in [2.05, 4.69) is 0 Å². The number of amides is 2. The average Bonchev–Trinajstić information content (AvgIpc) is 2.49. The number of hydrogen-bond acceptors (Lipinski definition) is 5. The van der Waals surface area contributed by atoms with E-state index in [1.165, 1.54) is 16.7 Å². The molecule has 0 bridgehead atoms. The third kappa shape index (κ3) is 2.62. The van der Waals surface area contributed by atoms with Crippen LogP contribution in [0, 0.1) is 0 Å². The van der Waals surface area contributed by atoms with Crippen LogP contribution in [0.3, 0.4) is 0 Å². The van der Waals surface area contributed by atoms with Crippen LogP contribution in [0.15, 0.2) is 11.3 Å². The number of aliphatic carboxylic acids is 1. The zero-order valence-corrected chi connectivity index (χ0v) is 14.0. The topological polar surface area (TPSA) is 104 Å². The van der Waals surface area contributed by atoms with Gasteiger partial charge in [-0.1, -0.05) is 0 Å². The van der Waals surface area contributed by atoms with Gasteiger partial charge in [0, 0.05) is 18.4 Å². The zero-order chi connectivity index (χ0) is 16.9. The van der Waals surface area contributed by atoms with E-state index in [9.17, 15) is 19.5 Å². The van der Waals surface area contributed by atoms with Crippen LogP contribution in [0.2, 0.25) is 0 Å². The fourth-order valence-electron chi connectivity index (χ4n) is 3.34. The highest BCUT2D eigenvalue weighted by molar-refractivity contribution is 8.00. The van der Waals surface area contributed by atoms with E-state index in [0.29, 0.717) is 35.4 Å². The smallest absolute Gasteiger partial charge is 0.352 e. The first-order valence-electron chi connectivity index (χ1n) is 7.46. The van der Waals surface area contributed by atoms with Crippen molar-refractivity contribution >= 4 is 29.5 Å². The minimum atomic E-state index is -1.10. The van der Waals surface area contributed by atoms with Crippen LogP contribution in [0.1, 0.15) is 0 Å². The SMILES string of the molecule is CN1CC[N+](C)(CC2=C(C(=O)O)N3C(=O)C(N)C3SC2)CC1=O. The molecule has 0 aliphatic carbocycles. The molecule has 0 aromatic heterocycles. The lowest BCUT2D eigenvalue weighted by Crippen LogP contribution is -2.69. The summed E-state index contributed by atoms with van der Waals surface area (Å²) in [5, 5.41) is 9.28. The van der Waals surface area contributed by atoms with Crippen molar-refractivity contribution in [3.05, 3.63) is 11.3 Å². The summed E-state index contributed by atoms with van der Waals surface area (Å²) in [6, 6.07) is -0.620. The number of carbonyl (C=O) groups is 3. The monoisotopic (exact) mass is 341 g/mol. The summed E-state index contributed by atoms with van der Waals surface area (Å²) in [6.45, 7) is 2.21. The summed E-state index contributed by atoms with van der Waals surface area (Å²) in [7, 11) is 3.73. The molecule has 3 aliphatic rings. The lowest BCUT2D eigenvalue weighted by atomic mass is 10.0. The zero-order valence-electron chi connectivity index (χ0n) is 13.2. The van der Waals surface area contributed by atoms with Crippen molar-refractivity contribution in [2.24, 2.45) is 5.73 Å². The summed E-state index contributed by atoms with van der Waals surface area (Å²) in [6.07, 6.45) is 0. The molecule has 3 N–H and O–H groups in total. The third-order valence-electron chi connectivity index (χ3n) is 4.78. The van der Waals surface area contributed by atoms with Crippen molar-refractivity contribution in [2.45, 2.75) is 11.4 Å². The van der Waals surface area contributed by atoms with Crippen molar-refractivity contribution in [1.82, 2.24) is 9.80 Å². The quantitative estimate of drug-likeness (QED) is 0.478. The number of quaternary nitrogens is 1. The number of carboxylic acid groups (broad SMARTS) is 1. The molecule has 3 heterocycles. The second-order valence-electron chi connectivity index (χ2n) is 6.67. The molecule has 8 nitrogen and oxygen atoms in total. The maximum Gasteiger partial charge on any atom is 0.352 e. The Kier molecular flexibility index (Phi) is 3.89. The minimum absolute atomic E-state index is 0.0552. The number of rotatable bonds is 3. The molecule has 0 spiro atoms. The van der Waals surface area contributed by atoms with Crippen LogP contribution in [-0.2, 0) is 14.4 Å². The summed E-state index contributed by atoms with van der Waals surface area (Å²) in [4.78, 5) is 38.6. The number of hydrogen-bond donors (Lipinski definition) is 2. The number of β-lactam (4-membered cyclic amide) rings is 1. The normalized spacial score (nSPS) is 34.4. The number of fused-ring (bicyclic) bond motifs is 1. The molecule has 0 saturated carbocycles. The van der Waals surface area contributed by atoms with Crippen molar-refractivity contribution in [1.29, 1.82) is 0 Å². The second-order valence-corrected chi connectivity index (χ2v) is 7.77. The van der Waals surface area contributed by atoms with Gasteiger partial charge in [0.15, 0.2) is 6.54 Å². The highest BCUT2D eigenvalue weighted by Crippen LogP contribution is 2.40. The highest BCUT2D eigenvalue weighted by Gasteiger charge is 2.52. The molecule has 0 radical (unpaired) electrons. The molecule has 3 unspecified atom stereocenters. The molecule has 2 amide bonds. The van der Waals surface area contributed by atoms with E-state index < -0.39 is 12.0 Å². The van der Waals surface area contributed by atoms with Crippen molar-refractivity contribution in [2.75, 3.05) is 46.0 Å². The molecule has 3 aliphatic heterocycles. The van der Waals surface area contributed by atoms with Crippen LogP contribution in [0.5, 0.6) is 0 Å². The van der Waals surface area contributed by atoms with E-state index in [1.807, 2.05) is 7.05 Å². The molecule has 2 fully saturated rings. The fourth-order valence-corrected chi connectivity index (χ4v) is 4.62. The predicted octanol–water partition coefficient (Wildman–Crippen LogP) is -1.51. The average molecular weight is 341 g/mol. The second kappa shape index (κ2) is 5.50. The van der Waals surface area contributed by atoms with E-state index in [0.717, 1.165) is 6.54 Å². The van der Waals surface area contributed by atoms with Gasteiger partial charge < -0.3 is 20.2 Å². The molecule has 0 aromatic rings. The Labute approximate surface area is 138 Å². The van der Waals surface area contributed by atoms with Crippen LogP contribution < -0.4 is 5.73 Å². The first kappa shape index (κ1) is 16.3. The molecule has 23 heavy (non-hydrogen) atoms. The van der Waals surface area contributed by atoms with Gasteiger partial charge in [-0.05, 0) is 0 Å². The Balaban J connectivity index is 1.87. The van der Waals surface area contributed by atoms with Crippen molar-refractivity contribution < 1.29 is 24.0 Å². The van der Waals surface area contributed by atoms with Crippen LogP contribution >= 0.6 is 11.8 Å². The first-order valence-corrected chi connectivity index (χ1v) is 8.51. The molecular weight excluding hydrogens is 320 g/mol. The van der Waals surface area contributed by atoms with Gasteiger partial charge in [-0.25, -0.2) is 4.79 Å². The summed E-state index contributed by atoms with van der Waals surface area (Å²) < 4.78 is 0.467. The van der Waals surface area contributed by atoms with E-state index in [1.54, 1.807) is 11.9 Å². The number of nitrogens with two attached hydrogens (primary N) is 1. The lowest BCUT2D eigenvalue weighted by molar-refractivity contribution is -0.900. The van der Waals surface area contributed by atoms with E-state index >= 15 is 0 Å². The molecule has 3 atom stereocenters. The summed E-state index contributed by atoms with van der Waals surface area (Å²) in [5.74, 6) is -0.854. The largest absolute Gasteiger partial charge is 0.477 e. The van der Waals surface area contributed by atoms with Crippen molar-refractivity contribution in [3.63, 3.8) is 0 Å². The minimum Gasteiger partial charge on any atom is -0.477 e. The molecule has 3 rings (SSSR count). The highest BCUT2D eigenvalue weighted by atomic mass is 32.2. The maximum absolute atomic E-state index is 12.0. The van der Waals surface area contributed by atoms with Crippen molar-refractivity contribution in [3.8, 4) is 0 Å². The van der Waals surface area contributed by atoms with Crippen LogP contribution in [0.4, 0.5) is 0 Å². The lowest BCUT2D eigenvalue weighted by Gasteiger charge is -2.49. The van der Waals surface area contributed by atoms with Gasteiger partial charge in [-0.2, -0.15) is 0 Å². The fraction of sp³-hybridized carbons (Fsp3) is 0.643. The van der Waals surface area contributed by atoms with Gasteiger partial charge in [-0.3, -0.25) is 14.5 Å². The Morgan fingerprint density at radius 1 is 1.48 bits per heavy atom. The Hall–Kier alpha value is -1.58. The Morgan fingerprint density at radius 3 is 2.78 bits per heavy atom. The number of carboxylic acids is 1. The molecule has 126 valence electrons. The number of piperazine rings is 1. The summed E-state index contributed by atoms with van der Waals surface area (Å²) in [5.41, 5.74) is 6.52. The van der Waals surface area contributed by atoms with Gasteiger partial charge in [0.05, 0.1) is 20.1 Å². The van der Waals surface area contributed by atoms with Gasteiger partial charge in [-0.15, -0.1) is 11.8 Å². The maximum atomic E-state index is 12.0. The standard InChI is InChI=1S/C14H20N4O4S/c1-16-3-4-18(2,6-9(16)19)5-8-7-23-13-10(15)12(20)17(13)11(8)14(21)22/h10,13H,3-7,15H2,1-2H3/p+1.